The van der Waals surface area contributed by atoms with E-state index in [1.807, 2.05) is 0 Å². The summed E-state index contributed by atoms with van der Waals surface area (Å²) >= 11 is 9.09. The van der Waals surface area contributed by atoms with Gasteiger partial charge in [-0.1, -0.05) is 11.6 Å². The minimum absolute atomic E-state index is 0.136. The Bertz CT molecular complexity index is 771. The molecule has 0 bridgehead atoms. The van der Waals surface area contributed by atoms with Crippen LogP contribution in [0.4, 0.5) is 5.69 Å². The van der Waals surface area contributed by atoms with E-state index in [2.05, 4.69) is 25.8 Å². The van der Waals surface area contributed by atoms with Gasteiger partial charge in [-0.25, -0.2) is 8.42 Å². The number of nitrogens with zero attached hydrogens (tertiary/aromatic N) is 2. The van der Waals surface area contributed by atoms with Crippen LogP contribution < -0.4 is 4.72 Å². The Kier molecular flexibility index (Phi) is 4.13. The average molecular weight is 379 g/mol. The molecule has 1 aromatic carbocycles. The van der Waals surface area contributed by atoms with E-state index in [4.69, 9.17) is 11.6 Å². The van der Waals surface area contributed by atoms with Crippen LogP contribution in [0.15, 0.2) is 27.6 Å². The van der Waals surface area contributed by atoms with Crippen molar-refractivity contribution in [1.29, 1.82) is 0 Å². The molecule has 1 heterocycles. The molecule has 8 heteroatoms. The second-order valence-corrected chi connectivity index (χ2v) is 7.29. The van der Waals surface area contributed by atoms with Gasteiger partial charge in [0.15, 0.2) is 0 Å². The van der Waals surface area contributed by atoms with Crippen LogP contribution in [-0.2, 0) is 17.1 Å². The van der Waals surface area contributed by atoms with E-state index < -0.39 is 10.0 Å². The van der Waals surface area contributed by atoms with Crippen LogP contribution in [0.1, 0.15) is 11.4 Å². The second-order valence-electron chi connectivity index (χ2n) is 4.35. The van der Waals surface area contributed by atoms with Crippen LogP contribution in [-0.4, -0.2) is 18.2 Å². The van der Waals surface area contributed by atoms with Crippen molar-refractivity contribution in [2.45, 2.75) is 18.7 Å². The van der Waals surface area contributed by atoms with Gasteiger partial charge in [-0.2, -0.15) is 5.10 Å². The molecule has 0 fully saturated rings. The summed E-state index contributed by atoms with van der Waals surface area (Å²) < 4.78 is 29.5. The molecule has 0 aliphatic carbocycles. The van der Waals surface area contributed by atoms with Crippen molar-refractivity contribution in [2.75, 3.05) is 4.72 Å². The van der Waals surface area contributed by atoms with Gasteiger partial charge in [0.2, 0.25) is 0 Å². The second kappa shape index (κ2) is 5.38. The first kappa shape index (κ1) is 15.3. The fraction of sp³-hybridized carbons (Fsp3) is 0.250. The van der Waals surface area contributed by atoms with Gasteiger partial charge in [0.25, 0.3) is 10.0 Å². The highest BCUT2D eigenvalue weighted by molar-refractivity contribution is 9.10. The Morgan fingerprint density at radius 3 is 2.50 bits per heavy atom. The number of hydrogen-bond acceptors (Lipinski definition) is 3. The molecule has 0 saturated carbocycles. The summed E-state index contributed by atoms with van der Waals surface area (Å²) in [7, 11) is -1.91. The van der Waals surface area contributed by atoms with Gasteiger partial charge in [-0.3, -0.25) is 9.40 Å². The Labute approximate surface area is 131 Å². The standard InChI is InChI=1S/C12H13BrClN3O2S/c1-7-12(8(2)17(3)15-7)16-20(18,19)9-4-5-11(14)10(13)6-9/h4-6,16H,1-3H3. The first-order valence-electron chi connectivity index (χ1n) is 5.70. The van der Waals surface area contributed by atoms with Crippen LogP contribution in [0.2, 0.25) is 5.02 Å². The molecule has 0 aliphatic rings. The Hall–Kier alpha value is -1.05. The van der Waals surface area contributed by atoms with Gasteiger partial charge in [0.05, 0.1) is 27.0 Å². The predicted octanol–water partition coefficient (Wildman–Crippen LogP) is 3.25. The van der Waals surface area contributed by atoms with E-state index in [1.165, 1.54) is 18.2 Å². The van der Waals surface area contributed by atoms with Crippen molar-refractivity contribution in [3.05, 3.63) is 39.1 Å². The summed E-state index contributed by atoms with van der Waals surface area (Å²) in [6, 6.07) is 4.45. The fourth-order valence-corrected chi connectivity index (χ4v) is 3.61. The zero-order valence-electron chi connectivity index (χ0n) is 11.1. The molecule has 5 nitrogen and oxygen atoms in total. The van der Waals surface area contributed by atoms with Crippen LogP contribution in [0.3, 0.4) is 0 Å². The summed E-state index contributed by atoms with van der Waals surface area (Å²) in [6.45, 7) is 3.55. The number of aryl methyl sites for hydroxylation is 2. The van der Waals surface area contributed by atoms with Gasteiger partial charge < -0.3 is 0 Å². The molecule has 0 saturated heterocycles. The Morgan fingerprint density at radius 1 is 1.35 bits per heavy atom. The van der Waals surface area contributed by atoms with Gasteiger partial charge in [0.1, 0.15) is 0 Å². The van der Waals surface area contributed by atoms with Crippen LogP contribution in [0, 0.1) is 13.8 Å². The van der Waals surface area contributed by atoms with Gasteiger partial charge in [-0.15, -0.1) is 0 Å². The number of benzene rings is 1. The van der Waals surface area contributed by atoms with Crippen molar-refractivity contribution >= 4 is 43.2 Å². The summed E-state index contributed by atoms with van der Waals surface area (Å²) in [4.78, 5) is 0.136. The maximum Gasteiger partial charge on any atom is 0.262 e. The molecule has 1 N–H and O–H groups in total. The van der Waals surface area contributed by atoms with Crippen molar-refractivity contribution < 1.29 is 8.42 Å². The predicted molar refractivity (Wildman–Crippen MR) is 82.6 cm³/mol. The van der Waals surface area contributed by atoms with E-state index in [9.17, 15) is 8.42 Å². The molecule has 2 rings (SSSR count). The maximum absolute atomic E-state index is 12.4. The van der Waals surface area contributed by atoms with Crippen LogP contribution >= 0.6 is 27.5 Å². The minimum Gasteiger partial charge on any atom is -0.276 e. The number of rotatable bonds is 3. The SMILES string of the molecule is Cc1nn(C)c(C)c1NS(=O)(=O)c1ccc(Cl)c(Br)c1. The number of anilines is 1. The quantitative estimate of drug-likeness (QED) is 0.891. The lowest BCUT2D eigenvalue weighted by Crippen LogP contribution is -2.14. The summed E-state index contributed by atoms with van der Waals surface area (Å²) in [5.74, 6) is 0. The molecule has 0 atom stereocenters. The fourth-order valence-electron chi connectivity index (χ4n) is 1.76. The third-order valence-corrected chi connectivity index (χ3v) is 5.51. The molecule has 1 aromatic heterocycles. The number of aromatic nitrogens is 2. The Morgan fingerprint density at radius 2 is 2.00 bits per heavy atom. The minimum atomic E-state index is -3.68. The highest BCUT2D eigenvalue weighted by Crippen LogP contribution is 2.27. The van der Waals surface area contributed by atoms with Crippen LogP contribution in [0.5, 0.6) is 0 Å². The van der Waals surface area contributed by atoms with Crippen molar-refractivity contribution in [2.24, 2.45) is 7.05 Å². The lowest BCUT2D eigenvalue weighted by atomic mass is 10.3. The zero-order valence-corrected chi connectivity index (χ0v) is 14.3. The van der Waals surface area contributed by atoms with Gasteiger partial charge >= 0.3 is 0 Å². The molecule has 0 aliphatic heterocycles. The molecular formula is C12H13BrClN3O2S. The normalized spacial score (nSPS) is 11.7. The first-order valence-corrected chi connectivity index (χ1v) is 8.36. The largest absolute Gasteiger partial charge is 0.276 e. The molecule has 108 valence electrons. The van der Waals surface area contributed by atoms with E-state index in [0.29, 0.717) is 20.9 Å². The molecule has 0 radical (unpaired) electrons. The monoisotopic (exact) mass is 377 g/mol. The maximum atomic E-state index is 12.4. The molecule has 2 aromatic rings. The van der Waals surface area contributed by atoms with E-state index >= 15 is 0 Å². The lowest BCUT2D eigenvalue weighted by Gasteiger charge is -2.09. The van der Waals surface area contributed by atoms with Crippen molar-refractivity contribution in [1.82, 2.24) is 9.78 Å². The lowest BCUT2D eigenvalue weighted by molar-refractivity contribution is 0.601. The smallest absolute Gasteiger partial charge is 0.262 e. The van der Waals surface area contributed by atoms with Crippen LogP contribution in [0.25, 0.3) is 0 Å². The molecule has 0 amide bonds. The van der Waals surface area contributed by atoms with E-state index in [1.54, 1.807) is 25.6 Å². The number of hydrogen-bond donors (Lipinski definition) is 1. The molecular weight excluding hydrogens is 366 g/mol. The zero-order chi connectivity index (χ0) is 15.1. The number of halogens is 2. The summed E-state index contributed by atoms with van der Waals surface area (Å²) in [5.41, 5.74) is 1.87. The highest BCUT2D eigenvalue weighted by Gasteiger charge is 2.19. The number of sulfonamides is 1. The summed E-state index contributed by atoms with van der Waals surface area (Å²) in [6.07, 6.45) is 0. The van der Waals surface area contributed by atoms with E-state index in [0.717, 1.165) is 5.69 Å². The molecule has 0 unspecified atom stereocenters. The Balaban J connectivity index is 2.43. The third kappa shape index (κ3) is 2.84. The van der Waals surface area contributed by atoms with Gasteiger partial charge in [0, 0.05) is 11.5 Å². The average Bonchev–Trinajstić information content (AvgIpc) is 2.59. The van der Waals surface area contributed by atoms with Gasteiger partial charge in [-0.05, 0) is 48.0 Å². The molecule has 20 heavy (non-hydrogen) atoms. The summed E-state index contributed by atoms with van der Waals surface area (Å²) in [5, 5.41) is 4.64. The van der Waals surface area contributed by atoms with Crippen molar-refractivity contribution in [3.63, 3.8) is 0 Å². The topological polar surface area (TPSA) is 64.0 Å². The molecule has 0 spiro atoms. The first-order chi connectivity index (χ1) is 9.22. The third-order valence-electron chi connectivity index (χ3n) is 2.95. The van der Waals surface area contributed by atoms with Crippen molar-refractivity contribution in [3.8, 4) is 0 Å². The number of nitrogens with one attached hydrogen (secondary N) is 1. The highest BCUT2D eigenvalue weighted by atomic mass is 79.9. The van der Waals surface area contributed by atoms with E-state index in [-0.39, 0.29) is 4.90 Å².